The van der Waals surface area contributed by atoms with E-state index in [0.29, 0.717) is 5.92 Å². The first-order chi connectivity index (χ1) is 9.19. The van der Waals surface area contributed by atoms with Crippen LogP contribution in [0.25, 0.3) is 0 Å². The summed E-state index contributed by atoms with van der Waals surface area (Å²) in [5, 5.41) is 8.24. The van der Waals surface area contributed by atoms with Crippen molar-refractivity contribution in [2.75, 3.05) is 13.1 Å². The summed E-state index contributed by atoms with van der Waals surface area (Å²) in [6, 6.07) is 0. The van der Waals surface area contributed by atoms with Crippen LogP contribution in [0.15, 0.2) is 0 Å². The third-order valence-electron chi connectivity index (χ3n) is 4.89. The molecule has 3 rings (SSSR count). The van der Waals surface area contributed by atoms with Crippen molar-refractivity contribution < 1.29 is 0 Å². The first kappa shape index (κ1) is 13.1. The van der Waals surface area contributed by atoms with E-state index in [2.05, 4.69) is 19.3 Å². The quantitative estimate of drug-likeness (QED) is 0.890. The average Bonchev–Trinajstić information content (AvgIpc) is 2.84. The van der Waals surface area contributed by atoms with Gasteiger partial charge in [-0.3, -0.25) is 4.68 Å². The lowest BCUT2D eigenvalue weighted by atomic mass is 9.82. The summed E-state index contributed by atoms with van der Waals surface area (Å²) in [7, 11) is 2.06. The Morgan fingerprint density at radius 1 is 1.21 bits per heavy atom. The van der Waals surface area contributed by atoms with Crippen molar-refractivity contribution >= 4 is 0 Å². The Morgan fingerprint density at radius 2 is 2.00 bits per heavy atom. The Balaban J connectivity index is 1.84. The van der Waals surface area contributed by atoms with Crippen LogP contribution in [0.3, 0.4) is 0 Å². The summed E-state index contributed by atoms with van der Waals surface area (Å²) in [6.45, 7) is 4.50. The molecule has 1 atom stereocenters. The fourth-order valence-electron chi connectivity index (χ4n) is 3.71. The van der Waals surface area contributed by atoms with Crippen molar-refractivity contribution in [1.29, 1.82) is 0 Å². The van der Waals surface area contributed by atoms with E-state index in [1.165, 1.54) is 50.8 Å². The van der Waals surface area contributed by atoms with Gasteiger partial charge in [-0.05, 0) is 32.2 Å². The maximum absolute atomic E-state index is 4.94. The van der Waals surface area contributed by atoms with Crippen molar-refractivity contribution in [2.45, 2.75) is 63.2 Å². The maximum atomic E-state index is 4.94. The number of piperidine rings is 1. The van der Waals surface area contributed by atoms with Gasteiger partial charge < -0.3 is 5.32 Å². The molecule has 19 heavy (non-hydrogen) atoms. The van der Waals surface area contributed by atoms with Crippen LogP contribution in [0.2, 0.25) is 0 Å². The minimum absolute atomic E-state index is 0.160. The average molecular weight is 262 g/mol. The van der Waals surface area contributed by atoms with E-state index in [9.17, 15) is 0 Å². The van der Waals surface area contributed by atoms with Crippen LogP contribution >= 0.6 is 0 Å². The third-order valence-corrected chi connectivity index (χ3v) is 4.89. The molecule has 1 aliphatic carbocycles. The normalized spacial score (nSPS) is 29.6. The molecule has 0 bridgehead atoms. The van der Waals surface area contributed by atoms with Crippen LogP contribution in [-0.4, -0.2) is 27.9 Å². The fourth-order valence-corrected chi connectivity index (χ4v) is 3.71. The van der Waals surface area contributed by atoms with Crippen LogP contribution in [0.1, 0.15) is 69.4 Å². The summed E-state index contributed by atoms with van der Waals surface area (Å²) in [5.74, 6) is 2.89. The highest BCUT2D eigenvalue weighted by molar-refractivity contribution is 5.12. The smallest absolute Gasteiger partial charge is 0.154 e. The van der Waals surface area contributed by atoms with Crippen LogP contribution in [0.5, 0.6) is 0 Å². The Bertz CT molecular complexity index is 425. The zero-order valence-corrected chi connectivity index (χ0v) is 12.3. The summed E-state index contributed by atoms with van der Waals surface area (Å²) in [5.41, 5.74) is 0.160. The van der Waals surface area contributed by atoms with Crippen LogP contribution in [0.4, 0.5) is 0 Å². The fraction of sp³-hybridized carbons (Fsp3) is 0.867. The molecule has 0 amide bonds. The van der Waals surface area contributed by atoms with E-state index < -0.39 is 0 Å². The van der Waals surface area contributed by atoms with Gasteiger partial charge in [0.2, 0.25) is 0 Å². The van der Waals surface area contributed by atoms with E-state index in [0.717, 1.165) is 18.9 Å². The number of aromatic nitrogens is 3. The molecule has 1 unspecified atom stereocenters. The van der Waals surface area contributed by atoms with Gasteiger partial charge >= 0.3 is 0 Å². The second kappa shape index (κ2) is 5.23. The molecule has 0 aromatic carbocycles. The van der Waals surface area contributed by atoms with Gasteiger partial charge in [-0.2, -0.15) is 5.10 Å². The Kier molecular flexibility index (Phi) is 3.61. The Morgan fingerprint density at radius 3 is 2.68 bits per heavy atom. The minimum Gasteiger partial charge on any atom is -0.316 e. The van der Waals surface area contributed by atoms with Gasteiger partial charge in [0.15, 0.2) is 5.82 Å². The van der Waals surface area contributed by atoms with E-state index in [1.54, 1.807) is 0 Å². The second-order valence-electron chi connectivity index (χ2n) is 6.59. The number of rotatable bonds is 2. The van der Waals surface area contributed by atoms with Gasteiger partial charge in [0, 0.05) is 24.9 Å². The molecule has 1 aliphatic heterocycles. The highest BCUT2D eigenvalue weighted by Gasteiger charge is 2.34. The largest absolute Gasteiger partial charge is 0.316 e. The molecule has 0 radical (unpaired) electrons. The van der Waals surface area contributed by atoms with Gasteiger partial charge in [-0.25, -0.2) is 4.98 Å². The molecular formula is C15H26N4. The van der Waals surface area contributed by atoms with Gasteiger partial charge in [0.1, 0.15) is 5.82 Å². The van der Waals surface area contributed by atoms with E-state index in [1.807, 2.05) is 4.68 Å². The van der Waals surface area contributed by atoms with Gasteiger partial charge in [0.05, 0.1) is 0 Å². The molecule has 2 aliphatic rings. The molecule has 1 saturated heterocycles. The molecule has 1 N–H and O–H groups in total. The summed E-state index contributed by atoms with van der Waals surface area (Å²) in [6.07, 6.45) is 9.08. The summed E-state index contributed by atoms with van der Waals surface area (Å²) >= 11 is 0. The first-order valence-electron chi connectivity index (χ1n) is 7.81. The molecular weight excluding hydrogens is 236 g/mol. The SMILES string of the molecule is Cn1nc(C2CCCCC2)nc1C1(C)CCCNC1. The molecule has 1 saturated carbocycles. The molecule has 106 valence electrons. The van der Waals surface area contributed by atoms with Crippen LogP contribution in [-0.2, 0) is 12.5 Å². The van der Waals surface area contributed by atoms with Crippen LogP contribution < -0.4 is 5.32 Å². The van der Waals surface area contributed by atoms with Crippen molar-refractivity contribution in [3.63, 3.8) is 0 Å². The Labute approximate surface area is 116 Å². The number of nitrogens with zero attached hydrogens (tertiary/aromatic N) is 3. The molecule has 4 heteroatoms. The zero-order valence-electron chi connectivity index (χ0n) is 12.3. The molecule has 0 spiro atoms. The number of hydrogen-bond acceptors (Lipinski definition) is 3. The molecule has 1 aromatic heterocycles. The van der Waals surface area contributed by atoms with E-state index in [4.69, 9.17) is 10.1 Å². The zero-order chi connectivity index (χ0) is 13.3. The van der Waals surface area contributed by atoms with E-state index >= 15 is 0 Å². The lowest BCUT2D eigenvalue weighted by Crippen LogP contribution is -2.42. The number of nitrogens with one attached hydrogen (secondary N) is 1. The molecule has 4 nitrogen and oxygen atoms in total. The Hall–Kier alpha value is -0.900. The summed E-state index contributed by atoms with van der Waals surface area (Å²) < 4.78 is 2.04. The predicted octanol–water partition coefficient (Wildman–Crippen LogP) is 2.50. The molecule has 2 fully saturated rings. The standard InChI is InChI=1S/C15H26N4/c1-15(9-6-10-16-11-15)14-17-13(18-19(14)2)12-7-4-3-5-8-12/h12,16H,3-11H2,1-2H3. The van der Waals surface area contributed by atoms with Gasteiger partial charge in [-0.1, -0.05) is 26.2 Å². The topological polar surface area (TPSA) is 42.7 Å². The number of aryl methyl sites for hydroxylation is 1. The van der Waals surface area contributed by atoms with Gasteiger partial charge in [0.25, 0.3) is 0 Å². The predicted molar refractivity (Wildman–Crippen MR) is 76.3 cm³/mol. The monoisotopic (exact) mass is 262 g/mol. The minimum atomic E-state index is 0.160. The second-order valence-corrected chi connectivity index (χ2v) is 6.59. The van der Waals surface area contributed by atoms with Crippen molar-refractivity contribution in [2.24, 2.45) is 7.05 Å². The van der Waals surface area contributed by atoms with Crippen molar-refractivity contribution in [3.05, 3.63) is 11.6 Å². The lowest BCUT2D eigenvalue weighted by molar-refractivity contribution is 0.313. The van der Waals surface area contributed by atoms with Crippen LogP contribution in [0, 0.1) is 0 Å². The van der Waals surface area contributed by atoms with Crippen molar-refractivity contribution in [1.82, 2.24) is 20.1 Å². The van der Waals surface area contributed by atoms with E-state index in [-0.39, 0.29) is 5.41 Å². The molecule has 2 heterocycles. The highest BCUT2D eigenvalue weighted by atomic mass is 15.3. The van der Waals surface area contributed by atoms with Gasteiger partial charge in [-0.15, -0.1) is 0 Å². The maximum Gasteiger partial charge on any atom is 0.154 e. The van der Waals surface area contributed by atoms with Crippen molar-refractivity contribution in [3.8, 4) is 0 Å². The third kappa shape index (κ3) is 2.55. The first-order valence-corrected chi connectivity index (χ1v) is 7.81. The summed E-state index contributed by atoms with van der Waals surface area (Å²) in [4.78, 5) is 4.94. The highest BCUT2D eigenvalue weighted by Crippen LogP contribution is 2.34. The number of hydrogen-bond donors (Lipinski definition) is 1. The lowest BCUT2D eigenvalue weighted by Gasteiger charge is -2.32. The molecule has 1 aromatic rings.